The second-order valence-corrected chi connectivity index (χ2v) is 5.92. The number of hydrogen-bond donors (Lipinski definition) is 1. The van der Waals surface area contributed by atoms with Gasteiger partial charge in [0.25, 0.3) is 0 Å². The maximum atomic E-state index is 3.99. The molecule has 1 heterocycles. The fourth-order valence-corrected chi connectivity index (χ4v) is 3.63. The first-order valence-corrected chi connectivity index (χ1v) is 6.80. The van der Waals surface area contributed by atoms with Crippen molar-refractivity contribution in [2.45, 2.75) is 10.8 Å². The molecule has 0 aliphatic rings. The van der Waals surface area contributed by atoms with Gasteiger partial charge in [-0.2, -0.15) is 0 Å². The predicted octanol–water partition coefficient (Wildman–Crippen LogP) is 2.85. The van der Waals surface area contributed by atoms with Crippen LogP contribution in [0.4, 0.5) is 0 Å². The quantitative estimate of drug-likeness (QED) is 0.481. The third-order valence-corrected chi connectivity index (χ3v) is 4.10. The highest BCUT2D eigenvalue weighted by Crippen LogP contribution is 2.35. The third-order valence-electron chi connectivity index (χ3n) is 0.876. The van der Waals surface area contributed by atoms with Crippen LogP contribution < -0.4 is 0 Å². The fourth-order valence-electron chi connectivity index (χ4n) is 0.510. The highest BCUT2D eigenvalue weighted by atomic mass is 33.5. The smallest absolute Gasteiger partial charge is 0.142 e. The lowest BCUT2D eigenvalue weighted by Crippen LogP contribution is -1.76. The Balaban J connectivity index is 2.57. The van der Waals surface area contributed by atoms with Crippen LogP contribution in [-0.2, 0) is 6.42 Å². The van der Waals surface area contributed by atoms with Gasteiger partial charge in [0.1, 0.15) is 5.01 Å². The molecule has 0 saturated carbocycles. The van der Waals surface area contributed by atoms with Crippen molar-refractivity contribution in [1.29, 1.82) is 0 Å². The number of rotatable bonds is 4. The molecule has 0 aromatic carbocycles. The van der Waals surface area contributed by atoms with Gasteiger partial charge in [0.15, 0.2) is 4.34 Å². The monoisotopic (exact) mass is 222 g/mol. The molecule has 0 bridgehead atoms. The van der Waals surface area contributed by atoms with Crippen molar-refractivity contribution in [3.05, 3.63) is 17.7 Å². The average Bonchev–Trinajstić information content (AvgIpc) is 2.38. The SMILES string of the molecule is C=CCc1nnc(SSS)s1. The Morgan fingerprint density at radius 2 is 2.45 bits per heavy atom. The average molecular weight is 222 g/mol. The van der Waals surface area contributed by atoms with Gasteiger partial charge in [0.05, 0.1) is 0 Å². The van der Waals surface area contributed by atoms with Crippen LogP contribution >= 0.6 is 43.6 Å². The molecule has 0 aliphatic heterocycles. The molecule has 1 rings (SSSR count). The summed E-state index contributed by atoms with van der Waals surface area (Å²) in [5, 5.41) is 8.90. The van der Waals surface area contributed by atoms with E-state index in [0.29, 0.717) is 0 Å². The van der Waals surface area contributed by atoms with Gasteiger partial charge in [0, 0.05) is 6.42 Å². The van der Waals surface area contributed by atoms with Crippen molar-refractivity contribution < 1.29 is 0 Å². The summed E-state index contributed by atoms with van der Waals surface area (Å²) in [5.41, 5.74) is 0. The first-order chi connectivity index (χ1) is 5.36. The first-order valence-electron chi connectivity index (χ1n) is 2.78. The zero-order valence-corrected chi connectivity index (χ0v) is 8.90. The number of aromatic nitrogens is 2. The van der Waals surface area contributed by atoms with Crippen molar-refractivity contribution in [3.63, 3.8) is 0 Å². The molecular formula is C5H6N2S4. The maximum Gasteiger partial charge on any atom is 0.185 e. The number of hydrogen-bond acceptors (Lipinski definition) is 6. The van der Waals surface area contributed by atoms with E-state index in [4.69, 9.17) is 0 Å². The molecule has 0 fully saturated rings. The molecule has 0 atom stereocenters. The molecule has 0 N–H and O–H groups in total. The van der Waals surface area contributed by atoms with E-state index in [1.54, 1.807) is 11.3 Å². The molecule has 0 spiro atoms. The van der Waals surface area contributed by atoms with E-state index < -0.39 is 0 Å². The Morgan fingerprint density at radius 1 is 1.64 bits per heavy atom. The van der Waals surface area contributed by atoms with Crippen LogP contribution in [0.5, 0.6) is 0 Å². The minimum absolute atomic E-state index is 0.801. The number of thiol groups is 1. The van der Waals surface area contributed by atoms with Crippen LogP contribution in [-0.4, -0.2) is 10.2 Å². The summed E-state index contributed by atoms with van der Waals surface area (Å²) in [4.78, 5) is 0. The predicted molar refractivity (Wildman–Crippen MR) is 56.2 cm³/mol. The third kappa shape index (κ3) is 3.06. The molecule has 1 aromatic rings. The van der Waals surface area contributed by atoms with Crippen molar-refractivity contribution >= 4 is 43.6 Å². The van der Waals surface area contributed by atoms with E-state index in [0.717, 1.165) is 15.8 Å². The van der Waals surface area contributed by atoms with Crippen LogP contribution in [0.15, 0.2) is 17.0 Å². The van der Waals surface area contributed by atoms with Gasteiger partial charge >= 0.3 is 0 Å². The van der Waals surface area contributed by atoms with Gasteiger partial charge in [-0.15, -0.1) is 16.8 Å². The van der Waals surface area contributed by atoms with Crippen molar-refractivity contribution in [2.75, 3.05) is 0 Å². The normalized spacial score (nSPS) is 9.91. The molecule has 11 heavy (non-hydrogen) atoms. The topological polar surface area (TPSA) is 25.8 Å². The zero-order chi connectivity index (χ0) is 8.10. The highest BCUT2D eigenvalue weighted by Gasteiger charge is 2.01. The van der Waals surface area contributed by atoms with Crippen molar-refractivity contribution in [1.82, 2.24) is 10.2 Å². The van der Waals surface area contributed by atoms with E-state index in [2.05, 4.69) is 28.4 Å². The molecule has 1 aromatic heterocycles. The van der Waals surface area contributed by atoms with Crippen molar-refractivity contribution in [3.8, 4) is 0 Å². The number of nitrogens with zero attached hydrogens (tertiary/aromatic N) is 2. The van der Waals surface area contributed by atoms with E-state index in [1.807, 2.05) is 6.08 Å². The molecule has 2 nitrogen and oxygen atoms in total. The lowest BCUT2D eigenvalue weighted by Gasteiger charge is -1.82. The van der Waals surface area contributed by atoms with Gasteiger partial charge in [0.2, 0.25) is 0 Å². The van der Waals surface area contributed by atoms with Crippen molar-refractivity contribution in [2.24, 2.45) is 0 Å². The molecule has 60 valence electrons. The van der Waals surface area contributed by atoms with E-state index in [1.165, 1.54) is 20.6 Å². The van der Waals surface area contributed by atoms with Gasteiger partial charge in [-0.1, -0.05) is 29.1 Å². The molecule has 0 unspecified atom stereocenters. The molecular weight excluding hydrogens is 216 g/mol. The summed E-state index contributed by atoms with van der Waals surface area (Å²) in [6.07, 6.45) is 2.62. The summed E-state index contributed by atoms with van der Waals surface area (Å²) < 4.78 is 0.946. The lowest BCUT2D eigenvalue weighted by atomic mass is 10.5. The van der Waals surface area contributed by atoms with Crippen LogP contribution in [0.1, 0.15) is 5.01 Å². The first kappa shape index (κ1) is 9.44. The second kappa shape index (κ2) is 5.08. The summed E-state index contributed by atoms with van der Waals surface area (Å²) >= 11 is 5.57. The summed E-state index contributed by atoms with van der Waals surface area (Å²) in [7, 11) is 2.89. The summed E-state index contributed by atoms with van der Waals surface area (Å²) in [6.45, 7) is 3.62. The Kier molecular flexibility index (Phi) is 4.36. The maximum absolute atomic E-state index is 3.99. The van der Waals surface area contributed by atoms with Crippen LogP contribution in [0.3, 0.4) is 0 Å². The van der Waals surface area contributed by atoms with E-state index >= 15 is 0 Å². The van der Waals surface area contributed by atoms with Crippen LogP contribution in [0.25, 0.3) is 0 Å². The lowest BCUT2D eigenvalue weighted by molar-refractivity contribution is 0.967. The largest absolute Gasteiger partial charge is 0.185 e. The molecule has 6 heteroatoms. The number of allylic oxidation sites excluding steroid dienone is 1. The van der Waals surface area contributed by atoms with Crippen LogP contribution in [0, 0.1) is 0 Å². The van der Waals surface area contributed by atoms with Crippen LogP contribution in [0.2, 0.25) is 0 Å². The zero-order valence-electron chi connectivity index (χ0n) is 5.56. The molecule has 0 radical (unpaired) electrons. The Labute approximate surface area is 82.1 Å². The molecule has 0 aliphatic carbocycles. The van der Waals surface area contributed by atoms with Gasteiger partial charge in [-0.05, 0) is 20.6 Å². The molecule has 0 saturated heterocycles. The van der Waals surface area contributed by atoms with E-state index in [-0.39, 0.29) is 0 Å². The highest BCUT2D eigenvalue weighted by molar-refractivity contribution is 9.05. The Morgan fingerprint density at radius 3 is 3.09 bits per heavy atom. The summed E-state index contributed by atoms with van der Waals surface area (Å²) in [6, 6.07) is 0. The van der Waals surface area contributed by atoms with E-state index in [9.17, 15) is 0 Å². The van der Waals surface area contributed by atoms with Gasteiger partial charge in [-0.3, -0.25) is 0 Å². The molecule has 0 amide bonds. The standard InChI is InChI=1S/C5H6N2S4/c1-2-3-4-6-7-5(9-4)10-11-8/h2,8H,1,3H2. The van der Waals surface area contributed by atoms with Gasteiger partial charge < -0.3 is 0 Å². The van der Waals surface area contributed by atoms with Gasteiger partial charge in [-0.25, -0.2) is 0 Å². The Hall–Kier alpha value is 0.350. The second-order valence-electron chi connectivity index (χ2n) is 1.61. The minimum Gasteiger partial charge on any atom is -0.142 e. The fraction of sp³-hybridized carbons (Fsp3) is 0.200. The minimum atomic E-state index is 0.801. The summed E-state index contributed by atoms with van der Waals surface area (Å²) in [5.74, 6) is 0. The Bertz CT molecular complexity index is 234.